The lowest BCUT2D eigenvalue weighted by molar-refractivity contribution is -0.149. The molecule has 0 bridgehead atoms. The Kier molecular flexibility index (Phi) is 4.00. The fraction of sp³-hybridized carbons (Fsp3) is 0.929. The van der Waals surface area contributed by atoms with Gasteiger partial charge in [-0.3, -0.25) is 4.79 Å². The van der Waals surface area contributed by atoms with Crippen LogP contribution in [0.5, 0.6) is 0 Å². The summed E-state index contributed by atoms with van der Waals surface area (Å²) in [6.45, 7) is 1.81. The second kappa shape index (κ2) is 5.52. The van der Waals surface area contributed by atoms with E-state index in [1.807, 2.05) is 0 Å². The number of carbonyl (C=O) groups is 1. The monoisotopic (exact) mass is 317 g/mol. The molecular weight excluding hydrogens is 294 g/mol. The van der Waals surface area contributed by atoms with E-state index >= 15 is 0 Å². The van der Waals surface area contributed by atoms with E-state index in [9.17, 15) is 18.3 Å². The van der Waals surface area contributed by atoms with Crippen LogP contribution < -0.4 is 0 Å². The Balaban J connectivity index is 1.71. The van der Waals surface area contributed by atoms with Gasteiger partial charge in [-0.25, -0.2) is 12.7 Å². The lowest BCUT2D eigenvalue weighted by atomic mass is 9.81. The van der Waals surface area contributed by atoms with Gasteiger partial charge in [0, 0.05) is 26.3 Å². The maximum absolute atomic E-state index is 12.6. The molecular formula is C14H23NO5S. The van der Waals surface area contributed by atoms with Crippen LogP contribution in [-0.2, 0) is 19.6 Å². The number of carboxylic acids is 1. The first-order chi connectivity index (χ1) is 9.94. The van der Waals surface area contributed by atoms with Crippen molar-refractivity contribution in [2.24, 2.45) is 17.3 Å². The number of sulfonamides is 1. The predicted octanol–water partition coefficient (Wildman–Crippen LogP) is 0.929. The van der Waals surface area contributed by atoms with E-state index in [1.165, 1.54) is 4.31 Å². The third-order valence-corrected chi connectivity index (χ3v) is 7.40. The average molecular weight is 317 g/mol. The molecule has 0 aromatic carbocycles. The van der Waals surface area contributed by atoms with E-state index in [0.29, 0.717) is 26.2 Å². The normalized spacial score (nSPS) is 35.0. The topological polar surface area (TPSA) is 83.9 Å². The molecule has 2 heterocycles. The molecule has 1 aliphatic carbocycles. The minimum absolute atomic E-state index is 0.0144. The molecule has 0 radical (unpaired) electrons. The molecule has 0 unspecified atom stereocenters. The summed E-state index contributed by atoms with van der Waals surface area (Å²) in [5, 5.41) is 9.54. The fourth-order valence-corrected chi connectivity index (χ4v) is 6.10. The number of fused-ring (bicyclic) bond motifs is 1. The summed E-state index contributed by atoms with van der Waals surface area (Å²) in [4.78, 5) is 11.6. The van der Waals surface area contributed by atoms with Gasteiger partial charge in [0.05, 0.1) is 11.2 Å². The summed E-state index contributed by atoms with van der Waals surface area (Å²) in [6.07, 6.45) is 3.89. The minimum Gasteiger partial charge on any atom is -0.481 e. The molecule has 120 valence electrons. The van der Waals surface area contributed by atoms with Crippen molar-refractivity contribution in [2.45, 2.75) is 32.1 Å². The third kappa shape index (κ3) is 2.71. The Morgan fingerprint density at radius 1 is 1.29 bits per heavy atom. The van der Waals surface area contributed by atoms with Crippen LogP contribution in [-0.4, -0.2) is 55.9 Å². The highest BCUT2D eigenvalue weighted by Crippen LogP contribution is 2.49. The lowest BCUT2D eigenvalue weighted by Gasteiger charge is -2.26. The summed E-state index contributed by atoms with van der Waals surface area (Å²) in [6, 6.07) is 0. The second-order valence-corrected chi connectivity index (χ2v) is 8.69. The van der Waals surface area contributed by atoms with Crippen molar-refractivity contribution in [1.82, 2.24) is 4.31 Å². The van der Waals surface area contributed by atoms with Crippen molar-refractivity contribution >= 4 is 16.0 Å². The Morgan fingerprint density at radius 2 is 2.00 bits per heavy atom. The van der Waals surface area contributed by atoms with Crippen LogP contribution in [0.1, 0.15) is 32.1 Å². The molecule has 0 amide bonds. The predicted molar refractivity (Wildman–Crippen MR) is 76.3 cm³/mol. The summed E-state index contributed by atoms with van der Waals surface area (Å²) in [7, 11) is -3.36. The zero-order valence-electron chi connectivity index (χ0n) is 12.2. The molecule has 3 aliphatic rings. The Labute approximate surface area is 125 Å². The fourth-order valence-electron chi connectivity index (χ4n) is 4.12. The summed E-state index contributed by atoms with van der Waals surface area (Å²) in [5.74, 6) is -0.558. The van der Waals surface area contributed by atoms with E-state index in [4.69, 9.17) is 4.74 Å². The van der Waals surface area contributed by atoms with Crippen molar-refractivity contribution in [3.63, 3.8) is 0 Å². The van der Waals surface area contributed by atoms with Crippen molar-refractivity contribution in [2.75, 3.05) is 32.1 Å². The van der Waals surface area contributed by atoms with Gasteiger partial charge in [0.15, 0.2) is 0 Å². The summed E-state index contributed by atoms with van der Waals surface area (Å²) in [5.41, 5.74) is -0.831. The van der Waals surface area contributed by atoms with Crippen LogP contribution in [0, 0.1) is 17.3 Å². The zero-order valence-corrected chi connectivity index (χ0v) is 13.0. The van der Waals surface area contributed by atoms with Crippen molar-refractivity contribution in [1.29, 1.82) is 0 Å². The molecule has 0 spiro atoms. The third-order valence-electron chi connectivity index (χ3n) is 5.45. The van der Waals surface area contributed by atoms with Gasteiger partial charge >= 0.3 is 5.97 Å². The van der Waals surface area contributed by atoms with Crippen molar-refractivity contribution in [3.8, 4) is 0 Å². The molecule has 2 aliphatic heterocycles. The first-order valence-electron chi connectivity index (χ1n) is 7.73. The van der Waals surface area contributed by atoms with Gasteiger partial charge in [-0.2, -0.15) is 0 Å². The van der Waals surface area contributed by atoms with Crippen LogP contribution >= 0.6 is 0 Å². The minimum atomic E-state index is -3.36. The van der Waals surface area contributed by atoms with Crippen LogP contribution in [0.4, 0.5) is 0 Å². The molecule has 0 aromatic heterocycles. The maximum Gasteiger partial charge on any atom is 0.311 e. The second-order valence-electron chi connectivity index (χ2n) is 6.68. The van der Waals surface area contributed by atoms with Crippen molar-refractivity contribution < 1.29 is 23.1 Å². The van der Waals surface area contributed by atoms with E-state index in [1.54, 1.807) is 0 Å². The quantitative estimate of drug-likeness (QED) is 0.834. The van der Waals surface area contributed by atoms with Gasteiger partial charge in [-0.05, 0) is 37.5 Å². The average Bonchev–Trinajstić information content (AvgIpc) is 2.97. The summed E-state index contributed by atoms with van der Waals surface area (Å²) >= 11 is 0. The highest BCUT2D eigenvalue weighted by Gasteiger charge is 2.57. The Hall–Kier alpha value is -0.660. The molecule has 1 saturated carbocycles. The van der Waals surface area contributed by atoms with E-state index in [-0.39, 0.29) is 24.1 Å². The van der Waals surface area contributed by atoms with Gasteiger partial charge < -0.3 is 9.84 Å². The smallest absolute Gasteiger partial charge is 0.311 e. The lowest BCUT2D eigenvalue weighted by Crippen LogP contribution is -2.39. The molecule has 3 fully saturated rings. The molecule has 1 N–H and O–H groups in total. The molecule has 0 aromatic rings. The number of hydrogen-bond donors (Lipinski definition) is 1. The SMILES string of the molecule is O=C(O)[C@]12CCC[C@H]1CN(S(=O)(=O)CC1CCOCC1)C2. The van der Waals surface area contributed by atoms with Gasteiger partial charge in [-0.15, -0.1) is 0 Å². The van der Waals surface area contributed by atoms with E-state index in [0.717, 1.165) is 25.7 Å². The number of nitrogens with zero attached hydrogens (tertiary/aromatic N) is 1. The molecule has 6 nitrogen and oxygen atoms in total. The van der Waals surface area contributed by atoms with Crippen LogP contribution in [0.25, 0.3) is 0 Å². The maximum atomic E-state index is 12.6. The highest BCUT2D eigenvalue weighted by molar-refractivity contribution is 7.89. The molecule has 7 heteroatoms. The molecule has 2 saturated heterocycles. The Bertz CT molecular complexity index is 513. The largest absolute Gasteiger partial charge is 0.481 e. The van der Waals surface area contributed by atoms with Crippen LogP contribution in [0.3, 0.4) is 0 Å². The van der Waals surface area contributed by atoms with Gasteiger partial charge in [-0.1, -0.05) is 6.42 Å². The first-order valence-corrected chi connectivity index (χ1v) is 9.34. The standard InChI is InChI=1S/C14H23NO5S/c16-13(17)14-5-1-2-12(14)8-15(10-14)21(18,19)9-11-3-6-20-7-4-11/h11-12H,1-10H2,(H,16,17)/t12-,14-/m0/s1. The summed E-state index contributed by atoms with van der Waals surface area (Å²) < 4.78 is 31.9. The number of ether oxygens (including phenoxy) is 1. The van der Waals surface area contributed by atoms with Gasteiger partial charge in [0.1, 0.15) is 0 Å². The van der Waals surface area contributed by atoms with E-state index < -0.39 is 21.4 Å². The zero-order chi connectivity index (χ0) is 15.1. The molecule has 2 atom stereocenters. The Morgan fingerprint density at radius 3 is 2.62 bits per heavy atom. The van der Waals surface area contributed by atoms with Crippen LogP contribution in [0.15, 0.2) is 0 Å². The molecule has 3 rings (SSSR count). The van der Waals surface area contributed by atoms with E-state index in [2.05, 4.69) is 0 Å². The van der Waals surface area contributed by atoms with Gasteiger partial charge in [0.2, 0.25) is 10.0 Å². The number of hydrogen-bond acceptors (Lipinski definition) is 4. The highest BCUT2D eigenvalue weighted by atomic mass is 32.2. The first kappa shape index (κ1) is 15.2. The number of carboxylic acid groups (broad SMARTS) is 1. The van der Waals surface area contributed by atoms with Crippen LogP contribution in [0.2, 0.25) is 0 Å². The number of rotatable bonds is 4. The molecule has 21 heavy (non-hydrogen) atoms. The van der Waals surface area contributed by atoms with Crippen molar-refractivity contribution in [3.05, 3.63) is 0 Å². The number of aliphatic carboxylic acids is 1. The van der Waals surface area contributed by atoms with Gasteiger partial charge in [0.25, 0.3) is 0 Å².